The number of fused-ring (bicyclic) bond motifs is 4. The standard InChI is InChI=1S/C25H22FN5O/c1-25(2)9-12(10-25)15-8-16-19(13-5-6-18(26)23-17(13)11-29-31-23)20(27)24(32)30-22(16)14-4-3-7-28-21(14)15/h3-8,11-12H,9-10,27H2,1-2H3,(H,29,31)(H,30,32). The van der Waals surface area contributed by atoms with Gasteiger partial charge in [0.25, 0.3) is 5.56 Å². The molecule has 32 heavy (non-hydrogen) atoms. The Hall–Kier alpha value is -3.74. The van der Waals surface area contributed by atoms with E-state index in [4.69, 9.17) is 5.73 Å². The van der Waals surface area contributed by atoms with Gasteiger partial charge in [-0.15, -0.1) is 0 Å². The normalized spacial score (nSPS) is 16.1. The Kier molecular flexibility index (Phi) is 3.79. The van der Waals surface area contributed by atoms with Crippen LogP contribution in [-0.4, -0.2) is 20.2 Å². The van der Waals surface area contributed by atoms with Crippen molar-refractivity contribution in [2.45, 2.75) is 32.6 Å². The van der Waals surface area contributed by atoms with Gasteiger partial charge in [-0.3, -0.25) is 14.9 Å². The summed E-state index contributed by atoms with van der Waals surface area (Å²) in [5.41, 5.74) is 10.7. The van der Waals surface area contributed by atoms with Crippen LogP contribution >= 0.6 is 0 Å². The van der Waals surface area contributed by atoms with E-state index in [1.807, 2.05) is 12.1 Å². The molecule has 3 aromatic heterocycles. The van der Waals surface area contributed by atoms with Crippen molar-refractivity contribution < 1.29 is 4.39 Å². The molecule has 0 radical (unpaired) electrons. The smallest absolute Gasteiger partial charge is 0.272 e. The Balaban J connectivity index is 1.75. The number of H-pyrrole nitrogens is 2. The topological polar surface area (TPSA) is 100 Å². The molecular formula is C25H22FN5O. The predicted molar refractivity (Wildman–Crippen MR) is 125 cm³/mol. The van der Waals surface area contributed by atoms with Gasteiger partial charge < -0.3 is 10.7 Å². The molecule has 1 saturated carbocycles. The molecule has 1 fully saturated rings. The Morgan fingerprint density at radius 3 is 2.72 bits per heavy atom. The summed E-state index contributed by atoms with van der Waals surface area (Å²) in [6, 6.07) is 9.00. The van der Waals surface area contributed by atoms with E-state index in [0.717, 1.165) is 34.7 Å². The van der Waals surface area contributed by atoms with Gasteiger partial charge in [0.15, 0.2) is 0 Å². The largest absolute Gasteiger partial charge is 0.394 e. The van der Waals surface area contributed by atoms with Gasteiger partial charge in [-0.2, -0.15) is 5.10 Å². The lowest BCUT2D eigenvalue weighted by Crippen LogP contribution is -2.30. The minimum absolute atomic E-state index is 0.106. The molecule has 1 aliphatic rings. The summed E-state index contributed by atoms with van der Waals surface area (Å²) in [7, 11) is 0. The maximum Gasteiger partial charge on any atom is 0.272 e. The van der Waals surface area contributed by atoms with Crippen LogP contribution in [0.4, 0.5) is 10.1 Å². The summed E-state index contributed by atoms with van der Waals surface area (Å²) in [4.78, 5) is 20.5. The van der Waals surface area contributed by atoms with Crippen LogP contribution in [0, 0.1) is 11.2 Å². The van der Waals surface area contributed by atoms with Gasteiger partial charge in [0.05, 0.1) is 17.2 Å². The summed E-state index contributed by atoms with van der Waals surface area (Å²) in [5.74, 6) is -0.0176. The number of hydrogen-bond acceptors (Lipinski definition) is 4. The van der Waals surface area contributed by atoms with Crippen molar-refractivity contribution in [1.29, 1.82) is 0 Å². The van der Waals surface area contributed by atoms with Crippen molar-refractivity contribution in [2.24, 2.45) is 5.41 Å². The van der Waals surface area contributed by atoms with Gasteiger partial charge in [-0.25, -0.2) is 4.39 Å². The van der Waals surface area contributed by atoms with Gasteiger partial charge in [0.2, 0.25) is 0 Å². The number of benzene rings is 2. The summed E-state index contributed by atoms with van der Waals surface area (Å²) in [6.45, 7) is 4.55. The first-order chi connectivity index (χ1) is 15.3. The van der Waals surface area contributed by atoms with E-state index in [2.05, 4.69) is 40.1 Å². The molecule has 0 atom stereocenters. The van der Waals surface area contributed by atoms with Crippen LogP contribution in [-0.2, 0) is 0 Å². The zero-order valence-corrected chi connectivity index (χ0v) is 17.8. The zero-order valence-electron chi connectivity index (χ0n) is 17.8. The second-order valence-electron chi connectivity index (χ2n) is 9.55. The number of pyridine rings is 2. The zero-order chi connectivity index (χ0) is 22.2. The highest BCUT2D eigenvalue weighted by Gasteiger charge is 2.38. The molecule has 3 heterocycles. The van der Waals surface area contributed by atoms with Crippen molar-refractivity contribution in [1.82, 2.24) is 20.2 Å². The van der Waals surface area contributed by atoms with Gasteiger partial charge in [-0.05, 0) is 59.6 Å². The van der Waals surface area contributed by atoms with Gasteiger partial charge in [-0.1, -0.05) is 19.9 Å². The molecule has 0 saturated heterocycles. The first kappa shape index (κ1) is 19.0. The lowest BCUT2D eigenvalue weighted by Gasteiger charge is -2.43. The molecule has 6 nitrogen and oxygen atoms in total. The molecule has 0 bridgehead atoms. The van der Waals surface area contributed by atoms with E-state index >= 15 is 0 Å². The van der Waals surface area contributed by atoms with Crippen LogP contribution < -0.4 is 11.3 Å². The third-order valence-corrected chi connectivity index (χ3v) is 6.81. The monoisotopic (exact) mass is 427 g/mol. The lowest BCUT2D eigenvalue weighted by molar-refractivity contribution is 0.152. The highest BCUT2D eigenvalue weighted by molar-refractivity contribution is 6.15. The highest BCUT2D eigenvalue weighted by atomic mass is 19.1. The van der Waals surface area contributed by atoms with Crippen molar-refractivity contribution in [3.63, 3.8) is 0 Å². The minimum Gasteiger partial charge on any atom is -0.394 e. The van der Waals surface area contributed by atoms with Gasteiger partial charge in [0, 0.05) is 27.9 Å². The van der Waals surface area contributed by atoms with Crippen LogP contribution in [0.3, 0.4) is 0 Å². The second-order valence-corrected chi connectivity index (χ2v) is 9.55. The van der Waals surface area contributed by atoms with Crippen LogP contribution in [0.25, 0.3) is 43.8 Å². The third kappa shape index (κ3) is 2.60. The van der Waals surface area contributed by atoms with E-state index in [-0.39, 0.29) is 11.2 Å². The Labute approximate surface area is 182 Å². The molecule has 0 amide bonds. The average molecular weight is 427 g/mol. The number of hydrogen-bond donors (Lipinski definition) is 3. The molecule has 7 heteroatoms. The predicted octanol–water partition coefficient (Wildman–Crippen LogP) is 5.24. The minimum atomic E-state index is -0.402. The fraction of sp³-hybridized carbons (Fsp3) is 0.240. The summed E-state index contributed by atoms with van der Waals surface area (Å²) in [6.07, 6.45) is 5.49. The first-order valence-electron chi connectivity index (χ1n) is 10.7. The SMILES string of the molecule is CC1(C)CC(c2cc3c(-c4ccc(F)c5[nH]ncc45)c(N)c(=O)[nH]c3c3cccnc23)C1. The van der Waals surface area contributed by atoms with Crippen LogP contribution in [0.15, 0.2) is 47.5 Å². The maximum atomic E-state index is 14.3. The molecule has 0 spiro atoms. The average Bonchev–Trinajstić information content (AvgIpc) is 3.25. The van der Waals surface area contributed by atoms with Crippen molar-refractivity contribution in [3.8, 4) is 11.1 Å². The molecule has 0 unspecified atom stereocenters. The molecule has 2 aromatic carbocycles. The van der Waals surface area contributed by atoms with Crippen molar-refractivity contribution >= 4 is 38.4 Å². The van der Waals surface area contributed by atoms with E-state index in [0.29, 0.717) is 38.9 Å². The molecule has 0 aliphatic heterocycles. The fourth-order valence-electron chi connectivity index (χ4n) is 5.37. The summed E-state index contributed by atoms with van der Waals surface area (Å²) >= 11 is 0. The van der Waals surface area contributed by atoms with E-state index < -0.39 is 5.82 Å². The highest BCUT2D eigenvalue weighted by Crippen LogP contribution is 2.52. The number of anilines is 1. The maximum absolute atomic E-state index is 14.3. The molecule has 1 aliphatic carbocycles. The van der Waals surface area contributed by atoms with Crippen LogP contribution in [0.2, 0.25) is 0 Å². The summed E-state index contributed by atoms with van der Waals surface area (Å²) in [5, 5.41) is 9.02. The number of aromatic amines is 2. The number of aromatic nitrogens is 4. The molecule has 4 N–H and O–H groups in total. The molecule has 6 rings (SSSR count). The molecular weight excluding hydrogens is 405 g/mol. The fourth-order valence-corrected chi connectivity index (χ4v) is 5.37. The lowest BCUT2D eigenvalue weighted by atomic mass is 9.62. The van der Waals surface area contributed by atoms with E-state index in [1.165, 1.54) is 6.07 Å². The second kappa shape index (κ2) is 6.38. The molecule has 5 aromatic rings. The number of rotatable bonds is 2. The summed E-state index contributed by atoms with van der Waals surface area (Å²) < 4.78 is 14.3. The number of nitrogens with zero attached hydrogens (tertiary/aromatic N) is 2. The Morgan fingerprint density at radius 2 is 1.94 bits per heavy atom. The number of nitrogens with one attached hydrogen (secondary N) is 2. The molecule has 160 valence electrons. The van der Waals surface area contributed by atoms with Crippen molar-refractivity contribution in [3.05, 3.63) is 64.5 Å². The third-order valence-electron chi connectivity index (χ3n) is 6.81. The Morgan fingerprint density at radius 1 is 1.12 bits per heavy atom. The van der Waals surface area contributed by atoms with Crippen LogP contribution in [0.5, 0.6) is 0 Å². The quantitative estimate of drug-likeness (QED) is 0.335. The number of halogens is 1. The van der Waals surface area contributed by atoms with Gasteiger partial charge in [0.1, 0.15) is 17.0 Å². The van der Waals surface area contributed by atoms with Crippen LogP contribution in [0.1, 0.15) is 38.2 Å². The Bertz CT molecular complexity index is 1610. The number of nitrogen functional groups attached to an aromatic ring is 1. The van der Waals surface area contributed by atoms with E-state index in [1.54, 1.807) is 18.5 Å². The van der Waals surface area contributed by atoms with E-state index in [9.17, 15) is 9.18 Å². The number of nitrogens with two attached hydrogens (primary N) is 1. The first-order valence-corrected chi connectivity index (χ1v) is 10.7. The van der Waals surface area contributed by atoms with Crippen molar-refractivity contribution in [2.75, 3.05) is 5.73 Å². The van der Waals surface area contributed by atoms with Gasteiger partial charge >= 0.3 is 0 Å².